The van der Waals surface area contributed by atoms with Gasteiger partial charge in [-0.05, 0) is 70.2 Å². The highest BCUT2D eigenvalue weighted by Gasteiger charge is 2.29. The fourth-order valence-corrected chi connectivity index (χ4v) is 5.38. The van der Waals surface area contributed by atoms with E-state index >= 15 is 0 Å². The Bertz CT molecular complexity index is 1200. The second-order valence-electron chi connectivity index (χ2n) is 10.5. The predicted octanol–water partition coefficient (Wildman–Crippen LogP) is 5.16. The van der Waals surface area contributed by atoms with Crippen LogP contribution in [0.5, 0.6) is 0 Å². The lowest BCUT2D eigenvalue weighted by molar-refractivity contribution is -0.126. The van der Waals surface area contributed by atoms with Gasteiger partial charge in [0.05, 0.1) is 27.1 Å². The molecule has 218 valence electrons. The van der Waals surface area contributed by atoms with E-state index in [0.29, 0.717) is 58.6 Å². The molecule has 1 aliphatic carbocycles. The molecule has 0 spiro atoms. The Morgan fingerprint density at radius 1 is 1.05 bits per heavy atom. The van der Waals surface area contributed by atoms with Crippen molar-refractivity contribution in [3.05, 3.63) is 50.7 Å². The Labute approximate surface area is 248 Å². The van der Waals surface area contributed by atoms with Crippen molar-refractivity contribution in [2.24, 2.45) is 5.92 Å². The van der Waals surface area contributed by atoms with E-state index in [1.54, 1.807) is 51.1 Å². The van der Waals surface area contributed by atoms with E-state index in [2.05, 4.69) is 16.0 Å². The number of nitrogens with one attached hydrogen (secondary N) is 3. The van der Waals surface area contributed by atoms with E-state index in [-0.39, 0.29) is 48.4 Å². The van der Waals surface area contributed by atoms with Gasteiger partial charge in [0.15, 0.2) is 0 Å². The maximum absolute atomic E-state index is 13.4. The first-order chi connectivity index (χ1) is 19.0. The van der Waals surface area contributed by atoms with Gasteiger partial charge in [0.25, 0.3) is 5.91 Å². The van der Waals surface area contributed by atoms with E-state index < -0.39 is 11.6 Å². The molecule has 2 aromatic rings. The maximum atomic E-state index is 13.4. The van der Waals surface area contributed by atoms with Crippen LogP contribution in [-0.4, -0.2) is 54.4 Å². The third-order valence-corrected chi connectivity index (χ3v) is 7.56. The maximum Gasteiger partial charge on any atom is 0.340 e. The van der Waals surface area contributed by atoms with Crippen LogP contribution >= 0.6 is 34.5 Å². The monoisotopic (exact) mass is 611 g/mol. The van der Waals surface area contributed by atoms with Crippen molar-refractivity contribution in [1.82, 2.24) is 10.6 Å². The molecule has 0 unspecified atom stereocenters. The number of hydrogen-bond donors (Lipinski definition) is 3. The smallest absolute Gasteiger partial charge is 0.340 e. The van der Waals surface area contributed by atoms with Crippen LogP contribution in [0.4, 0.5) is 5.69 Å². The number of hydrogen-bond acceptors (Lipinski definition) is 7. The van der Waals surface area contributed by atoms with Gasteiger partial charge < -0.3 is 25.4 Å². The summed E-state index contributed by atoms with van der Waals surface area (Å²) in [5.41, 5.74) is 0.328. The number of alkyl halides is 1. The van der Waals surface area contributed by atoms with Crippen LogP contribution in [0.3, 0.4) is 0 Å². The summed E-state index contributed by atoms with van der Waals surface area (Å²) in [6.07, 6.45) is 2.41. The van der Waals surface area contributed by atoms with Crippen molar-refractivity contribution < 1.29 is 28.7 Å². The van der Waals surface area contributed by atoms with Gasteiger partial charge in [-0.15, -0.1) is 22.9 Å². The largest absolute Gasteiger partial charge is 0.456 e. The summed E-state index contributed by atoms with van der Waals surface area (Å²) in [6, 6.07) is 8.25. The molecule has 12 heteroatoms. The normalized spacial score (nSPS) is 17.1. The van der Waals surface area contributed by atoms with Crippen LogP contribution in [0.2, 0.25) is 4.34 Å². The van der Waals surface area contributed by atoms with Crippen LogP contribution in [0.1, 0.15) is 72.0 Å². The number of anilines is 1. The Morgan fingerprint density at radius 3 is 2.40 bits per heavy atom. The second kappa shape index (κ2) is 14.8. The molecule has 40 heavy (non-hydrogen) atoms. The molecule has 3 N–H and O–H groups in total. The SMILES string of the molecule is CC(C)(C)OC(=O)c1cccc(CNC(=O)c2ccc(Cl)s2)c1NC(=O)C1CCC(NC(=O)COCCCl)CC1. The summed E-state index contributed by atoms with van der Waals surface area (Å²) in [4.78, 5) is 51.5. The minimum atomic E-state index is -0.737. The van der Waals surface area contributed by atoms with Gasteiger partial charge in [-0.2, -0.15) is 0 Å². The van der Waals surface area contributed by atoms with Gasteiger partial charge in [0.2, 0.25) is 11.8 Å². The quantitative estimate of drug-likeness (QED) is 0.183. The van der Waals surface area contributed by atoms with Crippen molar-refractivity contribution in [1.29, 1.82) is 0 Å². The Hall–Kier alpha value is -2.66. The number of carbonyl (C=O) groups excluding carboxylic acids is 4. The number of carbonyl (C=O) groups is 4. The highest BCUT2D eigenvalue weighted by atomic mass is 35.5. The van der Waals surface area contributed by atoms with Crippen LogP contribution in [-0.2, 0) is 25.6 Å². The van der Waals surface area contributed by atoms with Gasteiger partial charge in [-0.25, -0.2) is 4.79 Å². The number of esters is 1. The van der Waals surface area contributed by atoms with Crippen molar-refractivity contribution in [2.45, 2.75) is 64.6 Å². The molecule has 0 saturated heterocycles. The number of benzene rings is 1. The molecule has 0 radical (unpaired) electrons. The Balaban J connectivity index is 1.70. The third kappa shape index (κ3) is 9.76. The molecule has 0 bridgehead atoms. The minimum absolute atomic E-state index is 0.0401. The standard InChI is InChI=1S/C28H35Cl2N3O6S/c1-28(2,3)39-27(37)20-6-4-5-18(15-31-26(36)21-11-12-22(30)40-21)24(20)33-25(35)17-7-9-19(10-8-17)32-23(34)16-38-14-13-29/h4-6,11-12,17,19H,7-10,13-16H2,1-3H3,(H,31,36)(H,32,34)(H,33,35). The third-order valence-electron chi connectivity index (χ3n) is 6.17. The number of ether oxygens (including phenoxy) is 2. The zero-order valence-electron chi connectivity index (χ0n) is 22.8. The highest BCUT2D eigenvalue weighted by Crippen LogP contribution is 2.29. The summed E-state index contributed by atoms with van der Waals surface area (Å²) in [6.45, 7) is 5.63. The summed E-state index contributed by atoms with van der Waals surface area (Å²) in [5.74, 6) is -1.32. The zero-order valence-corrected chi connectivity index (χ0v) is 25.1. The average molecular weight is 613 g/mol. The molecular formula is C28H35Cl2N3O6S. The van der Waals surface area contributed by atoms with Crippen LogP contribution in [0, 0.1) is 5.92 Å². The summed E-state index contributed by atoms with van der Waals surface area (Å²) in [5, 5.41) is 8.71. The predicted molar refractivity (Wildman–Crippen MR) is 156 cm³/mol. The van der Waals surface area contributed by atoms with Crippen LogP contribution in [0.25, 0.3) is 0 Å². The molecule has 1 heterocycles. The average Bonchev–Trinajstić information content (AvgIpc) is 3.33. The summed E-state index contributed by atoms with van der Waals surface area (Å²) >= 11 is 12.7. The topological polar surface area (TPSA) is 123 Å². The van der Waals surface area contributed by atoms with Gasteiger partial charge in [-0.3, -0.25) is 14.4 Å². The molecule has 1 fully saturated rings. The molecule has 1 saturated carbocycles. The van der Waals surface area contributed by atoms with Crippen molar-refractivity contribution >= 4 is 63.9 Å². The van der Waals surface area contributed by atoms with Crippen LogP contribution in [0.15, 0.2) is 30.3 Å². The summed E-state index contributed by atoms with van der Waals surface area (Å²) in [7, 11) is 0. The molecule has 3 amide bonds. The first-order valence-corrected chi connectivity index (χ1v) is 14.8. The number of rotatable bonds is 11. The molecule has 0 atom stereocenters. The van der Waals surface area contributed by atoms with Gasteiger partial charge >= 0.3 is 5.97 Å². The highest BCUT2D eigenvalue weighted by molar-refractivity contribution is 7.18. The molecule has 9 nitrogen and oxygen atoms in total. The van der Waals surface area contributed by atoms with Crippen LogP contribution < -0.4 is 16.0 Å². The van der Waals surface area contributed by atoms with E-state index in [0.717, 1.165) is 11.3 Å². The van der Waals surface area contributed by atoms with Gasteiger partial charge in [0, 0.05) is 24.4 Å². The molecule has 1 aliphatic rings. The van der Waals surface area contributed by atoms with E-state index in [1.165, 1.54) is 0 Å². The van der Waals surface area contributed by atoms with E-state index in [9.17, 15) is 19.2 Å². The lowest BCUT2D eigenvalue weighted by atomic mass is 9.85. The minimum Gasteiger partial charge on any atom is -0.456 e. The number of halogens is 2. The van der Waals surface area contributed by atoms with Gasteiger partial charge in [-0.1, -0.05) is 23.7 Å². The first kappa shape index (κ1) is 31.9. The number of para-hydroxylation sites is 1. The van der Waals surface area contributed by atoms with E-state index in [4.69, 9.17) is 32.7 Å². The number of thiophene rings is 1. The Kier molecular flexibility index (Phi) is 11.8. The van der Waals surface area contributed by atoms with E-state index in [1.807, 2.05) is 0 Å². The van der Waals surface area contributed by atoms with Crippen molar-refractivity contribution in [2.75, 3.05) is 24.4 Å². The molecular weight excluding hydrogens is 577 g/mol. The molecule has 1 aromatic heterocycles. The fourth-order valence-electron chi connectivity index (χ4n) is 4.31. The van der Waals surface area contributed by atoms with Gasteiger partial charge in [0.1, 0.15) is 12.2 Å². The summed E-state index contributed by atoms with van der Waals surface area (Å²) < 4.78 is 11.2. The fraction of sp³-hybridized carbons (Fsp3) is 0.500. The molecule has 3 rings (SSSR count). The zero-order chi connectivity index (χ0) is 29.3. The lowest BCUT2D eigenvalue weighted by Gasteiger charge is -2.29. The first-order valence-electron chi connectivity index (χ1n) is 13.1. The van der Waals surface area contributed by atoms with Crippen molar-refractivity contribution in [3.63, 3.8) is 0 Å². The second-order valence-corrected chi connectivity index (χ2v) is 12.6. The van der Waals surface area contributed by atoms with Crippen molar-refractivity contribution in [3.8, 4) is 0 Å². The Morgan fingerprint density at radius 2 is 1.77 bits per heavy atom. The lowest BCUT2D eigenvalue weighted by Crippen LogP contribution is -2.41. The number of amides is 3. The molecule has 1 aromatic carbocycles. The molecule has 0 aliphatic heterocycles.